The Kier molecular flexibility index (Phi) is 6.41. The Bertz CT molecular complexity index is 1010. The highest BCUT2D eigenvalue weighted by molar-refractivity contribution is 5.95. The maximum atomic E-state index is 13.0. The zero-order valence-electron chi connectivity index (χ0n) is 19.3. The number of benzene rings is 1. The first-order valence-electron chi connectivity index (χ1n) is 11.0. The monoisotopic (exact) mass is 441 g/mol. The third kappa shape index (κ3) is 4.46. The molecule has 0 unspecified atom stereocenters. The molecule has 2 aliphatic heterocycles. The minimum atomic E-state index is 0.00217. The summed E-state index contributed by atoms with van der Waals surface area (Å²) in [5.41, 5.74) is 2.93. The lowest BCUT2D eigenvalue weighted by Gasteiger charge is -2.36. The molecule has 1 aromatic heterocycles. The van der Waals surface area contributed by atoms with Crippen molar-refractivity contribution in [3.05, 3.63) is 46.4 Å². The van der Waals surface area contributed by atoms with Gasteiger partial charge in [0.05, 0.1) is 26.3 Å². The van der Waals surface area contributed by atoms with E-state index in [9.17, 15) is 9.59 Å². The normalized spacial score (nSPS) is 16.6. The lowest BCUT2D eigenvalue weighted by Crippen LogP contribution is -2.52. The molecule has 4 rings (SSSR count). The molecule has 0 radical (unpaired) electrons. The second-order valence-electron chi connectivity index (χ2n) is 8.44. The summed E-state index contributed by atoms with van der Waals surface area (Å²) in [5.74, 6) is 2.93. The highest BCUT2D eigenvalue weighted by Gasteiger charge is 2.28. The van der Waals surface area contributed by atoms with Crippen molar-refractivity contribution in [2.75, 3.05) is 53.5 Å². The minimum Gasteiger partial charge on any atom is -0.493 e. The van der Waals surface area contributed by atoms with Crippen molar-refractivity contribution in [2.24, 2.45) is 0 Å². The van der Waals surface area contributed by atoms with Crippen molar-refractivity contribution in [1.29, 1.82) is 0 Å². The molecular formula is C24H31N3O5. The summed E-state index contributed by atoms with van der Waals surface area (Å²) in [6.07, 6.45) is 0.799. The Labute approximate surface area is 188 Å². The maximum absolute atomic E-state index is 13.0. The standard InChI is InChI=1S/C24H31N3O5/c1-16-11-20(17(2)32-16)24(29)26-9-7-25(8-10-26)15-23(28)27-6-5-18-12-21(30-3)22(31-4)13-19(18)14-27/h11-13H,5-10,14-15H2,1-4H3. The molecule has 0 saturated carbocycles. The van der Waals surface area contributed by atoms with Gasteiger partial charge in [-0.15, -0.1) is 0 Å². The smallest absolute Gasteiger partial charge is 0.257 e. The molecule has 2 aliphatic rings. The van der Waals surface area contributed by atoms with E-state index in [-0.39, 0.29) is 11.8 Å². The topological polar surface area (TPSA) is 75.5 Å². The molecule has 0 atom stereocenters. The van der Waals surface area contributed by atoms with E-state index in [1.54, 1.807) is 20.3 Å². The first-order chi connectivity index (χ1) is 15.4. The number of hydrogen-bond acceptors (Lipinski definition) is 6. The summed E-state index contributed by atoms with van der Waals surface area (Å²) >= 11 is 0. The Morgan fingerprint density at radius 2 is 1.56 bits per heavy atom. The van der Waals surface area contributed by atoms with Crippen LogP contribution in [0.4, 0.5) is 0 Å². The lowest BCUT2D eigenvalue weighted by atomic mass is 9.98. The van der Waals surface area contributed by atoms with Crippen LogP contribution in [0.2, 0.25) is 0 Å². The average Bonchev–Trinajstić information content (AvgIpc) is 3.15. The third-order valence-corrected chi connectivity index (χ3v) is 6.36. The van der Waals surface area contributed by atoms with Crippen LogP contribution in [0.15, 0.2) is 22.6 Å². The summed E-state index contributed by atoms with van der Waals surface area (Å²) in [6.45, 7) is 7.88. The van der Waals surface area contributed by atoms with Gasteiger partial charge in [-0.3, -0.25) is 14.5 Å². The van der Waals surface area contributed by atoms with Crippen LogP contribution in [-0.2, 0) is 17.8 Å². The first-order valence-corrected chi connectivity index (χ1v) is 11.0. The van der Waals surface area contributed by atoms with Gasteiger partial charge in [0.15, 0.2) is 11.5 Å². The van der Waals surface area contributed by atoms with Crippen LogP contribution in [-0.4, -0.2) is 80.0 Å². The van der Waals surface area contributed by atoms with Crippen LogP contribution in [0.3, 0.4) is 0 Å². The summed E-state index contributed by atoms with van der Waals surface area (Å²) in [4.78, 5) is 31.6. The lowest BCUT2D eigenvalue weighted by molar-refractivity contribution is -0.133. The van der Waals surface area contributed by atoms with Gasteiger partial charge in [0.1, 0.15) is 11.5 Å². The van der Waals surface area contributed by atoms with Gasteiger partial charge in [-0.1, -0.05) is 0 Å². The van der Waals surface area contributed by atoms with Gasteiger partial charge in [-0.05, 0) is 49.6 Å². The van der Waals surface area contributed by atoms with E-state index in [1.807, 2.05) is 35.8 Å². The van der Waals surface area contributed by atoms with Crippen LogP contribution in [0.1, 0.15) is 33.0 Å². The van der Waals surface area contributed by atoms with Crippen LogP contribution in [0.25, 0.3) is 0 Å². The quantitative estimate of drug-likeness (QED) is 0.709. The number of nitrogens with zero attached hydrogens (tertiary/aromatic N) is 3. The van der Waals surface area contributed by atoms with Gasteiger partial charge >= 0.3 is 0 Å². The average molecular weight is 442 g/mol. The zero-order valence-corrected chi connectivity index (χ0v) is 19.3. The fourth-order valence-electron chi connectivity index (χ4n) is 4.51. The number of hydrogen-bond donors (Lipinski definition) is 0. The van der Waals surface area contributed by atoms with E-state index in [1.165, 1.54) is 5.56 Å². The molecule has 8 heteroatoms. The van der Waals surface area contributed by atoms with Crippen molar-refractivity contribution in [3.63, 3.8) is 0 Å². The molecule has 1 fully saturated rings. The van der Waals surface area contributed by atoms with Crippen molar-refractivity contribution in [1.82, 2.24) is 14.7 Å². The molecule has 0 bridgehead atoms. The summed E-state index contributed by atoms with van der Waals surface area (Å²) < 4.78 is 16.3. The SMILES string of the molecule is COc1cc2c(cc1OC)CN(C(=O)CN1CCN(C(=O)c3cc(C)oc3C)CC1)CC2. The van der Waals surface area contributed by atoms with E-state index >= 15 is 0 Å². The summed E-state index contributed by atoms with van der Waals surface area (Å²) in [7, 11) is 3.25. The number of rotatable bonds is 5. The molecule has 0 spiro atoms. The summed E-state index contributed by atoms with van der Waals surface area (Å²) in [6, 6.07) is 5.78. The first kappa shape index (κ1) is 22.2. The highest BCUT2D eigenvalue weighted by atomic mass is 16.5. The summed E-state index contributed by atoms with van der Waals surface area (Å²) in [5, 5.41) is 0. The third-order valence-electron chi connectivity index (χ3n) is 6.36. The van der Waals surface area contributed by atoms with Crippen LogP contribution in [0.5, 0.6) is 11.5 Å². The van der Waals surface area contributed by atoms with Gasteiger partial charge in [0.2, 0.25) is 5.91 Å². The Morgan fingerprint density at radius 1 is 0.906 bits per heavy atom. The van der Waals surface area contributed by atoms with Crippen molar-refractivity contribution in [3.8, 4) is 11.5 Å². The van der Waals surface area contributed by atoms with Gasteiger partial charge < -0.3 is 23.7 Å². The molecule has 1 saturated heterocycles. The number of carbonyl (C=O) groups excluding carboxylic acids is 2. The number of piperazine rings is 1. The number of ether oxygens (including phenoxy) is 2. The van der Waals surface area contributed by atoms with E-state index in [0.29, 0.717) is 62.9 Å². The van der Waals surface area contributed by atoms with E-state index in [0.717, 1.165) is 23.5 Å². The molecule has 3 heterocycles. The Hall–Kier alpha value is -3.00. The van der Waals surface area contributed by atoms with Crippen LogP contribution < -0.4 is 9.47 Å². The van der Waals surface area contributed by atoms with Gasteiger partial charge in [0.25, 0.3) is 5.91 Å². The predicted octanol–water partition coefficient (Wildman–Crippen LogP) is 2.26. The van der Waals surface area contributed by atoms with E-state index in [2.05, 4.69) is 4.90 Å². The molecule has 1 aromatic carbocycles. The number of amides is 2. The molecule has 2 amide bonds. The zero-order chi connectivity index (χ0) is 22.8. The van der Waals surface area contributed by atoms with E-state index < -0.39 is 0 Å². The van der Waals surface area contributed by atoms with Crippen molar-refractivity contribution >= 4 is 11.8 Å². The molecular weight excluding hydrogens is 410 g/mol. The number of carbonyl (C=O) groups is 2. The molecule has 0 N–H and O–H groups in total. The largest absolute Gasteiger partial charge is 0.493 e. The Balaban J connectivity index is 1.32. The second-order valence-corrected chi connectivity index (χ2v) is 8.44. The molecule has 8 nitrogen and oxygen atoms in total. The molecule has 2 aromatic rings. The van der Waals surface area contributed by atoms with Gasteiger partial charge in [-0.2, -0.15) is 0 Å². The second kappa shape index (κ2) is 9.24. The van der Waals surface area contributed by atoms with Gasteiger partial charge in [0, 0.05) is 39.3 Å². The van der Waals surface area contributed by atoms with Crippen LogP contribution >= 0.6 is 0 Å². The Morgan fingerprint density at radius 3 is 2.16 bits per heavy atom. The fraction of sp³-hybridized carbons (Fsp3) is 0.500. The van der Waals surface area contributed by atoms with E-state index in [4.69, 9.17) is 13.9 Å². The highest BCUT2D eigenvalue weighted by Crippen LogP contribution is 2.33. The molecule has 32 heavy (non-hydrogen) atoms. The molecule has 172 valence electrons. The minimum absolute atomic E-state index is 0.00217. The number of fused-ring (bicyclic) bond motifs is 1. The van der Waals surface area contributed by atoms with Crippen molar-refractivity contribution < 1.29 is 23.5 Å². The fourth-order valence-corrected chi connectivity index (χ4v) is 4.51. The van der Waals surface area contributed by atoms with Gasteiger partial charge in [-0.25, -0.2) is 0 Å². The predicted molar refractivity (Wildman–Crippen MR) is 119 cm³/mol. The maximum Gasteiger partial charge on any atom is 0.257 e. The number of furan rings is 1. The van der Waals surface area contributed by atoms with Crippen molar-refractivity contribution in [2.45, 2.75) is 26.8 Å². The van der Waals surface area contributed by atoms with Crippen LogP contribution in [0, 0.1) is 13.8 Å². The number of methoxy groups -OCH3 is 2. The molecule has 0 aliphatic carbocycles. The number of aryl methyl sites for hydroxylation is 2.